The molecule has 0 aliphatic carbocycles. The summed E-state index contributed by atoms with van der Waals surface area (Å²) in [4.78, 5) is 23.6. The van der Waals surface area contributed by atoms with Gasteiger partial charge in [0.15, 0.2) is 0 Å². The van der Waals surface area contributed by atoms with Crippen LogP contribution in [0.2, 0.25) is 20.1 Å². The third kappa shape index (κ3) is 6.46. The van der Waals surface area contributed by atoms with Crippen molar-refractivity contribution >= 4 is 69.8 Å². The predicted molar refractivity (Wildman–Crippen MR) is 107 cm³/mol. The van der Waals surface area contributed by atoms with Crippen molar-refractivity contribution in [1.29, 1.82) is 0 Å². The fourth-order valence-electron chi connectivity index (χ4n) is 1.87. The van der Waals surface area contributed by atoms with Gasteiger partial charge in [0.1, 0.15) is 0 Å². The van der Waals surface area contributed by atoms with E-state index in [2.05, 4.69) is 21.3 Å². The van der Waals surface area contributed by atoms with Crippen LogP contribution < -0.4 is 21.3 Å². The first-order valence-electron chi connectivity index (χ1n) is 7.35. The van der Waals surface area contributed by atoms with Crippen LogP contribution in [-0.4, -0.2) is 25.2 Å². The molecule has 10 heteroatoms. The second kappa shape index (κ2) is 9.73. The van der Waals surface area contributed by atoms with E-state index in [-0.39, 0.29) is 13.1 Å². The summed E-state index contributed by atoms with van der Waals surface area (Å²) in [5.74, 6) is 0. The van der Waals surface area contributed by atoms with Crippen molar-refractivity contribution in [2.75, 3.05) is 23.7 Å². The monoisotopic (exact) mass is 434 g/mol. The van der Waals surface area contributed by atoms with Gasteiger partial charge in [0.05, 0.1) is 21.4 Å². The maximum Gasteiger partial charge on any atom is 0.319 e. The summed E-state index contributed by atoms with van der Waals surface area (Å²) in [6, 6.07) is 8.49. The number of hydrogen-bond donors (Lipinski definition) is 4. The van der Waals surface area contributed by atoms with Gasteiger partial charge in [-0.05, 0) is 36.4 Å². The highest BCUT2D eigenvalue weighted by Crippen LogP contribution is 2.26. The molecule has 0 saturated carbocycles. The number of anilines is 2. The third-order valence-corrected chi connectivity index (χ3v) is 4.18. The van der Waals surface area contributed by atoms with Crippen LogP contribution in [0.15, 0.2) is 36.4 Å². The Morgan fingerprint density at radius 1 is 0.692 bits per heavy atom. The van der Waals surface area contributed by atoms with Crippen molar-refractivity contribution in [3.8, 4) is 0 Å². The van der Waals surface area contributed by atoms with Crippen molar-refractivity contribution in [3.63, 3.8) is 0 Å². The molecular weight excluding hydrogens is 422 g/mol. The van der Waals surface area contributed by atoms with Crippen LogP contribution in [-0.2, 0) is 0 Å². The standard InChI is InChI=1S/C16H14Cl4N4O2/c17-9-1-3-11(19)13(7-9)23-15(25)21-5-6-22-16(26)24-14-8-10(18)2-4-12(14)20/h1-4,7-8H,5-6H2,(H2,21,23,25)(H2,22,24,26). The van der Waals surface area contributed by atoms with Crippen LogP contribution in [0.1, 0.15) is 0 Å². The van der Waals surface area contributed by atoms with E-state index in [0.29, 0.717) is 31.5 Å². The molecule has 0 bridgehead atoms. The highest BCUT2D eigenvalue weighted by Gasteiger charge is 2.08. The molecule has 0 saturated heterocycles. The lowest BCUT2D eigenvalue weighted by Crippen LogP contribution is -2.38. The van der Waals surface area contributed by atoms with Crippen molar-refractivity contribution < 1.29 is 9.59 Å². The summed E-state index contributed by atoms with van der Waals surface area (Å²) < 4.78 is 0. The SMILES string of the molecule is O=C(NCCNC(=O)Nc1cc(Cl)ccc1Cl)Nc1cc(Cl)ccc1Cl. The molecule has 0 atom stereocenters. The zero-order valence-electron chi connectivity index (χ0n) is 13.2. The second-order valence-electron chi connectivity index (χ2n) is 5.01. The van der Waals surface area contributed by atoms with Gasteiger partial charge in [-0.1, -0.05) is 46.4 Å². The summed E-state index contributed by atoms with van der Waals surface area (Å²) >= 11 is 23.6. The highest BCUT2D eigenvalue weighted by molar-refractivity contribution is 6.36. The lowest BCUT2D eigenvalue weighted by Gasteiger charge is -2.11. The van der Waals surface area contributed by atoms with E-state index in [1.165, 1.54) is 12.1 Å². The quantitative estimate of drug-likeness (QED) is 0.484. The first-order chi connectivity index (χ1) is 12.3. The Morgan fingerprint density at radius 2 is 1.08 bits per heavy atom. The van der Waals surface area contributed by atoms with E-state index in [1.807, 2.05) is 0 Å². The minimum Gasteiger partial charge on any atom is -0.336 e. The number of hydrogen-bond acceptors (Lipinski definition) is 2. The summed E-state index contributed by atoms with van der Waals surface area (Å²) in [6.07, 6.45) is 0. The Labute approximate surface area is 170 Å². The van der Waals surface area contributed by atoms with E-state index in [4.69, 9.17) is 46.4 Å². The number of amides is 4. The van der Waals surface area contributed by atoms with Crippen LogP contribution in [0, 0.1) is 0 Å². The maximum absolute atomic E-state index is 11.8. The van der Waals surface area contributed by atoms with Crippen LogP contribution in [0.3, 0.4) is 0 Å². The Balaban J connectivity index is 1.72. The molecule has 138 valence electrons. The average molecular weight is 436 g/mol. The van der Waals surface area contributed by atoms with E-state index >= 15 is 0 Å². The number of nitrogens with one attached hydrogen (secondary N) is 4. The van der Waals surface area contributed by atoms with Gasteiger partial charge in [-0.15, -0.1) is 0 Å². The molecule has 0 aliphatic rings. The van der Waals surface area contributed by atoms with Crippen LogP contribution in [0.5, 0.6) is 0 Å². The van der Waals surface area contributed by atoms with Gasteiger partial charge in [0.2, 0.25) is 0 Å². The molecule has 2 aromatic carbocycles. The average Bonchev–Trinajstić information content (AvgIpc) is 2.58. The van der Waals surface area contributed by atoms with E-state index in [9.17, 15) is 9.59 Å². The number of halogens is 4. The lowest BCUT2D eigenvalue weighted by atomic mass is 10.3. The fourth-order valence-corrected chi connectivity index (χ4v) is 2.55. The molecule has 0 fully saturated rings. The van der Waals surface area contributed by atoms with Crippen LogP contribution in [0.4, 0.5) is 21.0 Å². The predicted octanol–water partition coefficient (Wildman–Crippen LogP) is 5.24. The molecule has 6 nitrogen and oxygen atoms in total. The molecule has 0 aromatic heterocycles. The number of rotatable bonds is 5. The van der Waals surface area contributed by atoms with E-state index < -0.39 is 12.1 Å². The van der Waals surface area contributed by atoms with Gasteiger partial charge in [-0.2, -0.15) is 0 Å². The molecule has 0 aliphatic heterocycles. The molecule has 26 heavy (non-hydrogen) atoms. The fraction of sp³-hybridized carbons (Fsp3) is 0.125. The molecule has 0 unspecified atom stereocenters. The van der Waals surface area contributed by atoms with Gasteiger partial charge >= 0.3 is 12.1 Å². The van der Waals surface area contributed by atoms with Gasteiger partial charge in [0, 0.05) is 23.1 Å². The summed E-state index contributed by atoms with van der Waals surface area (Å²) in [5.41, 5.74) is 0.774. The van der Waals surface area contributed by atoms with Crippen LogP contribution >= 0.6 is 46.4 Å². The van der Waals surface area contributed by atoms with Crippen molar-refractivity contribution in [3.05, 3.63) is 56.5 Å². The molecule has 0 heterocycles. The summed E-state index contributed by atoms with van der Waals surface area (Å²) in [7, 11) is 0. The molecular formula is C16H14Cl4N4O2. The molecule has 0 spiro atoms. The minimum absolute atomic E-state index is 0.195. The Kier molecular flexibility index (Phi) is 7.66. The zero-order valence-corrected chi connectivity index (χ0v) is 16.2. The topological polar surface area (TPSA) is 82.3 Å². The second-order valence-corrected chi connectivity index (χ2v) is 6.70. The Morgan fingerprint density at radius 3 is 1.46 bits per heavy atom. The molecule has 4 amide bonds. The largest absolute Gasteiger partial charge is 0.336 e. The maximum atomic E-state index is 11.8. The van der Waals surface area contributed by atoms with Gasteiger partial charge in [0.25, 0.3) is 0 Å². The van der Waals surface area contributed by atoms with E-state index in [1.54, 1.807) is 24.3 Å². The summed E-state index contributed by atoms with van der Waals surface area (Å²) in [6.45, 7) is 0.390. The first-order valence-corrected chi connectivity index (χ1v) is 8.86. The molecule has 4 N–H and O–H groups in total. The summed E-state index contributed by atoms with van der Waals surface area (Å²) in [5, 5.41) is 11.9. The molecule has 2 rings (SSSR count). The minimum atomic E-state index is -0.478. The van der Waals surface area contributed by atoms with Gasteiger partial charge < -0.3 is 21.3 Å². The first kappa shape index (κ1) is 20.5. The highest BCUT2D eigenvalue weighted by atomic mass is 35.5. The van der Waals surface area contributed by atoms with Crippen LogP contribution in [0.25, 0.3) is 0 Å². The Hall–Kier alpha value is -1.86. The zero-order chi connectivity index (χ0) is 19.1. The lowest BCUT2D eigenvalue weighted by molar-refractivity contribution is 0.248. The van der Waals surface area contributed by atoms with Gasteiger partial charge in [-0.25, -0.2) is 9.59 Å². The normalized spacial score (nSPS) is 10.2. The van der Waals surface area contributed by atoms with Crippen molar-refractivity contribution in [2.24, 2.45) is 0 Å². The van der Waals surface area contributed by atoms with Crippen molar-refractivity contribution in [2.45, 2.75) is 0 Å². The number of carbonyl (C=O) groups excluding carboxylic acids is 2. The smallest absolute Gasteiger partial charge is 0.319 e. The number of urea groups is 2. The van der Waals surface area contributed by atoms with Gasteiger partial charge in [-0.3, -0.25) is 0 Å². The van der Waals surface area contributed by atoms with E-state index in [0.717, 1.165) is 0 Å². The van der Waals surface area contributed by atoms with Crippen molar-refractivity contribution in [1.82, 2.24) is 10.6 Å². The molecule has 2 aromatic rings. The Bertz CT molecular complexity index is 749. The third-order valence-electron chi connectivity index (χ3n) is 3.05. The number of benzene rings is 2. The number of carbonyl (C=O) groups is 2. The molecule has 0 radical (unpaired) electrons.